The Hall–Kier alpha value is -1.24. The molecule has 0 heterocycles. The Morgan fingerprint density at radius 2 is 2.11 bits per heavy atom. The molecule has 5 N–H and O–H groups in total. The zero-order valence-corrected chi connectivity index (χ0v) is 12.1. The zero-order valence-electron chi connectivity index (χ0n) is 11.3. The highest BCUT2D eigenvalue weighted by atomic mass is 32.2. The Bertz CT molecular complexity index is 419. The highest BCUT2D eigenvalue weighted by Crippen LogP contribution is 2.18. The summed E-state index contributed by atoms with van der Waals surface area (Å²) in [6.07, 6.45) is 0. The summed E-state index contributed by atoms with van der Waals surface area (Å²) in [4.78, 5) is 11.5. The molecule has 1 aromatic carbocycles. The molecule has 0 aromatic heterocycles. The topological polar surface area (TPSA) is 90.4 Å². The van der Waals surface area contributed by atoms with E-state index in [0.29, 0.717) is 17.9 Å². The third-order valence-electron chi connectivity index (χ3n) is 2.22. The van der Waals surface area contributed by atoms with Crippen molar-refractivity contribution in [1.82, 2.24) is 5.43 Å². The van der Waals surface area contributed by atoms with Gasteiger partial charge in [-0.3, -0.25) is 10.2 Å². The predicted molar refractivity (Wildman–Crippen MR) is 79.2 cm³/mol. The molecule has 0 aliphatic carbocycles. The number of hydrazine groups is 1. The van der Waals surface area contributed by atoms with Gasteiger partial charge in [0.15, 0.2) is 0 Å². The number of amides is 1. The molecular formula is C13H21N3O2S. The number of ether oxygens (including phenoxy) is 1. The third-order valence-corrected chi connectivity index (χ3v) is 3.63. The van der Waals surface area contributed by atoms with Gasteiger partial charge < -0.3 is 10.5 Å². The average molecular weight is 283 g/mol. The summed E-state index contributed by atoms with van der Waals surface area (Å²) < 4.78 is 5.60. The van der Waals surface area contributed by atoms with Crippen molar-refractivity contribution in [2.75, 3.05) is 18.1 Å². The van der Waals surface area contributed by atoms with E-state index in [4.69, 9.17) is 16.3 Å². The Morgan fingerprint density at radius 3 is 2.74 bits per heavy atom. The van der Waals surface area contributed by atoms with Crippen molar-refractivity contribution in [3.63, 3.8) is 0 Å². The van der Waals surface area contributed by atoms with Crippen LogP contribution >= 0.6 is 11.8 Å². The van der Waals surface area contributed by atoms with Crippen LogP contribution in [0.2, 0.25) is 0 Å². The molecule has 106 valence electrons. The summed E-state index contributed by atoms with van der Waals surface area (Å²) >= 11 is 1.72. The number of nitrogens with one attached hydrogen (secondary N) is 1. The van der Waals surface area contributed by atoms with E-state index in [9.17, 15) is 4.79 Å². The lowest BCUT2D eigenvalue weighted by atomic mass is 10.1. The van der Waals surface area contributed by atoms with Gasteiger partial charge in [-0.15, -0.1) is 0 Å². The van der Waals surface area contributed by atoms with E-state index in [2.05, 4.69) is 5.43 Å². The summed E-state index contributed by atoms with van der Waals surface area (Å²) in [6, 6.07) is 7.01. The number of nitrogens with two attached hydrogens (primary N) is 2. The van der Waals surface area contributed by atoms with Crippen molar-refractivity contribution in [3.05, 3.63) is 29.8 Å². The number of hydrogen-bond acceptors (Lipinski definition) is 5. The summed E-state index contributed by atoms with van der Waals surface area (Å²) in [7, 11) is 0. The van der Waals surface area contributed by atoms with E-state index in [0.717, 1.165) is 11.5 Å². The van der Waals surface area contributed by atoms with Gasteiger partial charge in [0.1, 0.15) is 5.75 Å². The van der Waals surface area contributed by atoms with Crippen LogP contribution in [0.25, 0.3) is 0 Å². The number of nitrogen functional groups attached to an aromatic ring is 1. The quantitative estimate of drug-likeness (QED) is 0.302. The predicted octanol–water partition coefficient (Wildman–Crippen LogP) is 1.14. The van der Waals surface area contributed by atoms with Crippen molar-refractivity contribution < 1.29 is 9.53 Å². The molecule has 0 radical (unpaired) electrons. The maximum Gasteiger partial charge on any atom is 0.268 e. The third kappa shape index (κ3) is 5.96. The van der Waals surface area contributed by atoms with Crippen molar-refractivity contribution in [2.24, 2.45) is 11.6 Å². The molecule has 1 aromatic rings. The average Bonchev–Trinajstić information content (AvgIpc) is 2.36. The van der Waals surface area contributed by atoms with Crippen LogP contribution in [0.15, 0.2) is 24.3 Å². The molecule has 1 rings (SSSR count). The Balaban J connectivity index is 2.43. The lowest BCUT2D eigenvalue weighted by Crippen LogP contribution is -2.35. The van der Waals surface area contributed by atoms with Crippen LogP contribution in [-0.4, -0.2) is 29.6 Å². The van der Waals surface area contributed by atoms with Crippen molar-refractivity contribution >= 4 is 17.7 Å². The fraction of sp³-hybridized carbons (Fsp3) is 0.462. The first-order valence-electron chi connectivity index (χ1n) is 6.03. The normalized spacial score (nSPS) is 11.2. The maximum atomic E-state index is 11.5. The second kappa shape index (κ2) is 7.37. The van der Waals surface area contributed by atoms with E-state index in [-0.39, 0.29) is 11.4 Å². The molecule has 0 fully saturated rings. The monoisotopic (exact) mass is 283 g/mol. The molecule has 0 saturated carbocycles. The molecule has 19 heavy (non-hydrogen) atoms. The van der Waals surface area contributed by atoms with Crippen LogP contribution in [-0.2, 0) is 0 Å². The van der Waals surface area contributed by atoms with Crippen LogP contribution in [0.1, 0.15) is 24.2 Å². The first-order chi connectivity index (χ1) is 8.94. The summed E-state index contributed by atoms with van der Waals surface area (Å²) in [5.41, 5.74) is 8.25. The number of para-hydroxylation sites is 1. The van der Waals surface area contributed by atoms with E-state index >= 15 is 0 Å². The van der Waals surface area contributed by atoms with Crippen LogP contribution in [0, 0.1) is 0 Å². The van der Waals surface area contributed by atoms with Gasteiger partial charge in [-0.05, 0) is 26.0 Å². The maximum absolute atomic E-state index is 11.5. The molecule has 0 spiro atoms. The first kappa shape index (κ1) is 15.8. The van der Waals surface area contributed by atoms with Gasteiger partial charge in [-0.2, -0.15) is 11.8 Å². The van der Waals surface area contributed by atoms with Crippen molar-refractivity contribution in [3.8, 4) is 5.75 Å². The van der Waals surface area contributed by atoms with E-state index in [1.54, 1.807) is 30.0 Å². The van der Waals surface area contributed by atoms with Gasteiger partial charge in [0.25, 0.3) is 5.91 Å². The van der Waals surface area contributed by atoms with Gasteiger partial charge in [-0.25, -0.2) is 5.84 Å². The molecule has 5 nitrogen and oxygen atoms in total. The molecule has 0 bridgehead atoms. The molecule has 0 unspecified atom stereocenters. The van der Waals surface area contributed by atoms with Crippen LogP contribution in [0.4, 0.5) is 0 Å². The SMILES string of the molecule is CC(C)(N)CSCCOc1ccccc1C(=O)NN. The van der Waals surface area contributed by atoms with E-state index in [1.807, 2.05) is 19.9 Å². The minimum absolute atomic E-state index is 0.179. The van der Waals surface area contributed by atoms with Crippen LogP contribution in [0.3, 0.4) is 0 Å². The highest BCUT2D eigenvalue weighted by molar-refractivity contribution is 7.99. The van der Waals surface area contributed by atoms with Crippen LogP contribution in [0.5, 0.6) is 5.75 Å². The first-order valence-corrected chi connectivity index (χ1v) is 7.19. The number of carbonyl (C=O) groups excluding carboxylic acids is 1. The fourth-order valence-corrected chi connectivity index (χ4v) is 2.28. The zero-order chi connectivity index (χ0) is 14.3. The molecule has 0 atom stereocenters. The minimum Gasteiger partial charge on any atom is -0.492 e. The molecule has 0 saturated heterocycles. The molecule has 1 amide bonds. The van der Waals surface area contributed by atoms with Gasteiger partial charge in [-0.1, -0.05) is 12.1 Å². The molecule has 0 aliphatic rings. The van der Waals surface area contributed by atoms with Gasteiger partial charge in [0, 0.05) is 17.0 Å². The Kier molecular flexibility index (Phi) is 6.14. The van der Waals surface area contributed by atoms with E-state index in [1.165, 1.54) is 0 Å². The van der Waals surface area contributed by atoms with Crippen molar-refractivity contribution in [1.29, 1.82) is 0 Å². The van der Waals surface area contributed by atoms with Gasteiger partial charge >= 0.3 is 0 Å². The number of thioether (sulfide) groups is 1. The van der Waals surface area contributed by atoms with Crippen LogP contribution < -0.4 is 21.7 Å². The number of benzene rings is 1. The van der Waals surface area contributed by atoms with Gasteiger partial charge in [0.05, 0.1) is 12.2 Å². The highest BCUT2D eigenvalue weighted by Gasteiger charge is 2.12. The van der Waals surface area contributed by atoms with E-state index < -0.39 is 0 Å². The summed E-state index contributed by atoms with van der Waals surface area (Å²) in [5, 5.41) is 0. The van der Waals surface area contributed by atoms with Crippen molar-refractivity contribution in [2.45, 2.75) is 19.4 Å². The fourth-order valence-electron chi connectivity index (χ4n) is 1.40. The summed E-state index contributed by atoms with van der Waals surface area (Å²) in [5.74, 6) is 6.99. The second-order valence-corrected chi connectivity index (χ2v) is 5.96. The minimum atomic E-state index is -0.355. The molecule has 6 heteroatoms. The molecule has 0 aliphatic heterocycles. The smallest absolute Gasteiger partial charge is 0.268 e. The van der Waals surface area contributed by atoms with Gasteiger partial charge in [0.2, 0.25) is 0 Å². The summed E-state index contributed by atoms with van der Waals surface area (Å²) in [6.45, 7) is 4.50. The Morgan fingerprint density at radius 1 is 1.42 bits per heavy atom. The second-order valence-electron chi connectivity index (χ2n) is 4.86. The number of rotatable bonds is 7. The number of carbonyl (C=O) groups is 1. The number of hydrogen-bond donors (Lipinski definition) is 3. The lowest BCUT2D eigenvalue weighted by Gasteiger charge is -2.17. The lowest BCUT2D eigenvalue weighted by molar-refractivity contribution is 0.0950. The standard InChI is InChI=1S/C13H21N3O2S/c1-13(2,14)9-19-8-7-18-11-6-4-3-5-10(11)12(17)16-15/h3-6H,7-9,14-15H2,1-2H3,(H,16,17). The Labute approximate surface area is 118 Å². The largest absolute Gasteiger partial charge is 0.492 e. The molecular weight excluding hydrogens is 262 g/mol.